The number of carbonyl (C=O) groups is 1. The van der Waals surface area contributed by atoms with Crippen molar-refractivity contribution in [1.82, 2.24) is 0 Å². The van der Waals surface area contributed by atoms with Gasteiger partial charge in [0.05, 0.1) is 11.7 Å². The van der Waals surface area contributed by atoms with Gasteiger partial charge in [0.15, 0.2) is 6.29 Å². The minimum absolute atomic E-state index is 0.346. The van der Waals surface area contributed by atoms with Crippen molar-refractivity contribution >= 4 is 18.6 Å². The van der Waals surface area contributed by atoms with Crippen molar-refractivity contribution in [2.75, 3.05) is 0 Å². The van der Waals surface area contributed by atoms with Crippen molar-refractivity contribution in [2.45, 2.75) is 18.0 Å². The van der Waals surface area contributed by atoms with Gasteiger partial charge in [-0.15, -0.1) is 0 Å². The van der Waals surface area contributed by atoms with Crippen molar-refractivity contribution in [2.24, 2.45) is 0 Å². The van der Waals surface area contributed by atoms with Crippen molar-refractivity contribution < 1.29 is 20.1 Å². The van der Waals surface area contributed by atoms with E-state index in [-0.39, 0.29) is 6.42 Å². The molecule has 0 aliphatic rings. The first-order chi connectivity index (χ1) is 4.04. The summed E-state index contributed by atoms with van der Waals surface area (Å²) >= 11 is 3.58. The largest absolute Gasteiger partial charge is 0.481 e. The zero-order valence-electron chi connectivity index (χ0n) is 4.56. The highest BCUT2D eigenvalue weighted by molar-refractivity contribution is 7.81. The lowest BCUT2D eigenvalue weighted by molar-refractivity contribution is -0.139. The van der Waals surface area contributed by atoms with E-state index in [1.54, 1.807) is 0 Å². The third-order valence-electron chi connectivity index (χ3n) is 0.728. The molecule has 5 heteroatoms. The normalized spacial score (nSPS) is 13.8. The molecule has 0 rings (SSSR count). The predicted octanol–water partition coefficient (Wildman–Crippen LogP) is -0.930. The Morgan fingerprint density at radius 1 is 1.56 bits per heavy atom. The molecule has 0 saturated carbocycles. The zero-order valence-corrected chi connectivity index (χ0v) is 5.45. The first-order valence-electron chi connectivity index (χ1n) is 2.30. The van der Waals surface area contributed by atoms with Crippen molar-refractivity contribution in [3.8, 4) is 0 Å². The maximum Gasteiger partial charge on any atom is 0.304 e. The Morgan fingerprint density at radius 2 is 2.00 bits per heavy atom. The third kappa shape index (κ3) is 4.26. The summed E-state index contributed by atoms with van der Waals surface area (Å²) in [6, 6.07) is 0. The standard InChI is InChI=1S/C4H8O4S/c5-3(6)1-2(9)4(7)8/h2,4,7-9H,1H2,(H,5,6). The first kappa shape index (κ1) is 8.74. The van der Waals surface area contributed by atoms with E-state index < -0.39 is 17.5 Å². The van der Waals surface area contributed by atoms with Crippen LogP contribution in [0.25, 0.3) is 0 Å². The van der Waals surface area contributed by atoms with Gasteiger partial charge in [-0.05, 0) is 0 Å². The number of hydrogen-bond acceptors (Lipinski definition) is 4. The maximum absolute atomic E-state index is 9.84. The molecule has 0 heterocycles. The number of carboxylic acid groups (broad SMARTS) is 1. The van der Waals surface area contributed by atoms with Gasteiger partial charge in [-0.2, -0.15) is 12.6 Å². The molecule has 0 fully saturated rings. The molecule has 0 aromatic heterocycles. The molecular weight excluding hydrogens is 144 g/mol. The van der Waals surface area contributed by atoms with E-state index >= 15 is 0 Å². The van der Waals surface area contributed by atoms with Gasteiger partial charge in [-0.1, -0.05) is 0 Å². The molecule has 9 heavy (non-hydrogen) atoms. The zero-order chi connectivity index (χ0) is 7.44. The Morgan fingerprint density at radius 3 is 2.11 bits per heavy atom. The second-order valence-electron chi connectivity index (χ2n) is 1.58. The van der Waals surface area contributed by atoms with Crippen LogP contribution in [0.1, 0.15) is 6.42 Å². The lowest BCUT2D eigenvalue weighted by atomic mass is 10.3. The summed E-state index contributed by atoms with van der Waals surface area (Å²) in [4.78, 5) is 9.84. The van der Waals surface area contributed by atoms with Crippen molar-refractivity contribution in [1.29, 1.82) is 0 Å². The molecule has 0 amide bonds. The molecule has 0 radical (unpaired) electrons. The second-order valence-corrected chi connectivity index (χ2v) is 2.24. The van der Waals surface area contributed by atoms with Gasteiger partial charge in [0.2, 0.25) is 0 Å². The van der Waals surface area contributed by atoms with Gasteiger partial charge in [-0.3, -0.25) is 4.79 Å². The average Bonchev–Trinajstić information content (AvgIpc) is 1.63. The summed E-state index contributed by atoms with van der Waals surface area (Å²) < 4.78 is 0. The number of hydrogen-bond donors (Lipinski definition) is 4. The summed E-state index contributed by atoms with van der Waals surface area (Å²) in [5, 5.41) is 23.7. The van der Waals surface area contributed by atoms with Crippen LogP contribution in [0, 0.1) is 0 Å². The molecule has 3 N–H and O–H groups in total. The summed E-state index contributed by atoms with van der Waals surface area (Å²) in [6.45, 7) is 0. The Hall–Kier alpha value is -0.260. The van der Waals surface area contributed by atoms with Crippen LogP contribution >= 0.6 is 12.6 Å². The van der Waals surface area contributed by atoms with Crippen LogP contribution in [0.15, 0.2) is 0 Å². The highest BCUT2D eigenvalue weighted by Crippen LogP contribution is 2.03. The number of carboxylic acids is 1. The lowest BCUT2D eigenvalue weighted by Gasteiger charge is -2.08. The fourth-order valence-corrected chi connectivity index (χ4v) is 0.441. The van der Waals surface area contributed by atoms with E-state index in [0.717, 1.165) is 0 Å². The third-order valence-corrected chi connectivity index (χ3v) is 1.18. The predicted molar refractivity (Wildman–Crippen MR) is 33.3 cm³/mol. The van der Waals surface area contributed by atoms with Crippen LogP contribution < -0.4 is 0 Å². The topological polar surface area (TPSA) is 77.8 Å². The molecule has 1 atom stereocenters. The number of thiol groups is 1. The second kappa shape index (κ2) is 3.71. The molecule has 0 spiro atoms. The van der Waals surface area contributed by atoms with E-state index in [0.29, 0.717) is 0 Å². The number of aliphatic hydroxyl groups excluding tert-OH is 1. The highest BCUT2D eigenvalue weighted by atomic mass is 32.1. The van der Waals surface area contributed by atoms with E-state index in [1.807, 2.05) is 0 Å². The smallest absolute Gasteiger partial charge is 0.304 e. The molecule has 0 aliphatic heterocycles. The van der Waals surface area contributed by atoms with Crippen molar-refractivity contribution in [3.05, 3.63) is 0 Å². The number of aliphatic carboxylic acids is 1. The maximum atomic E-state index is 9.84. The van der Waals surface area contributed by atoms with E-state index in [1.165, 1.54) is 0 Å². The van der Waals surface area contributed by atoms with Crippen LogP contribution in [-0.4, -0.2) is 32.8 Å². The van der Waals surface area contributed by atoms with E-state index in [2.05, 4.69) is 12.6 Å². The fourth-order valence-electron chi connectivity index (χ4n) is 0.284. The van der Waals surface area contributed by atoms with Gasteiger partial charge in [0.1, 0.15) is 0 Å². The monoisotopic (exact) mass is 152 g/mol. The fraction of sp³-hybridized carbons (Fsp3) is 0.750. The van der Waals surface area contributed by atoms with Gasteiger partial charge < -0.3 is 15.3 Å². The van der Waals surface area contributed by atoms with Gasteiger partial charge in [0.25, 0.3) is 0 Å². The summed E-state index contributed by atoms with van der Waals surface area (Å²) in [7, 11) is 0. The Kier molecular flexibility index (Phi) is 3.60. The molecule has 0 saturated heterocycles. The Bertz CT molecular complexity index is 103. The summed E-state index contributed by atoms with van der Waals surface area (Å²) in [5.74, 6) is -1.09. The first-order valence-corrected chi connectivity index (χ1v) is 2.81. The van der Waals surface area contributed by atoms with Gasteiger partial charge in [-0.25, -0.2) is 0 Å². The van der Waals surface area contributed by atoms with E-state index in [4.69, 9.17) is 15.3 Å². The Balaban J connectivity index is 3.50. The molecule has 1 unspecified atom stereocenters. The molecule has 0 aromatic rings. The van der Waals surface area contributed by atoms with Crippen molar-refractivity contribution in [3.63, 3.8) is 0 Å². The summed E-state index contributed by atoms with van der Waals surface area (Å²) in [5.41, 5.74) is 0. The number of aliphatic hydroxyl groups is 2. The number of rotatable bonds is 3. The molecule has 54 valence electrons. The average molecular weight is 152 g/mol. The molecule has 0 aliphatic carbocycles. The van der Waals surface area contributed by atoms with Crippen LogP contribution in [0.5, 0.6) is 0 Å². The summed E-state index contributed by atoms with van der Waals surface area (Å²) in [6.07, 6.45) is -2.01. The highest BCUT2D eigenvalue weighted by Gasteiger charge is 2.14. The van der Waals surface area contributed by atoms with Gasteiger partial charge in [0, 0.05) is 0 Å². The molecule has 0 aromatic carbocycles. The molecular formula is C4H8O4S. The Labute approximate surface area is 57.5 Å². The van der Waals surface area contributed by atoms with Crippen LogP contribution in [-0.2, 0) is 4.79 Å². The molecule has 4 nitrogen and oxygen atoms in total. The minimum Gasteiger partial charge on any atom is -0.481 e. The van der Waals surface area contributed by atoms with Gasteiger partial charge >= 0.3 is 5.97 Å². The van der Waals surface area contributed by atoms with Crippen LogP contribution in [0.2, 0.25) is 0 Å². The quantitative estimate of drug-likeness (QED) is 0.311. The van der Waals surface area contributed by atoms with E-state index in [9.17, 15) is 4.79 Å². The minimum atomic E-state index is -1.66. The van der Waals surface area contributed by atoms with Crippen LogP contribution in [0.4, 0.5) is 0 Å². The SMILES string of the molecule is O=C(O)CC(S)C(O)O. The lowest BCUT2D eigenvalue weighted by Crippen LogP contribution is -2.22. The van der Waals surface area contributed by atoms with Crippen LogP contribution in [0.3, 0.4) is 0 Å². The molecule has 0 bridgehead atoms.